The van der Waals surface area contributed by atoms with E-state index in [0.717, 1.165) is 21.4 Å². The Morgan fingerprint density at radius 2 is 1.82 bits per heavy atom. The van der Waals surface area contributed by atoms with E-state index >= 15 is 0 Å². The number of aromatic nitrogens is 3. The van der Waals surface area contributed by atoms with Gasteiger partial charge in [0.1, 0.15) is 5.75 Å². The fraction of sp³-hybridized carbons (Fsp3) is 0.333. The van der Waals surface area contributed by atoms with Crippen LogP contribution in [-0.2, 0) is 17.9 Å². The van der Waals surface area contributed by atoms with Gasteiger partial charge in [0, 0.05) is 17.3 Å². The zero-order chi connectivity index (χ0) is 25.0. The van der Waals surface area contributed by atoms with Crippen LogP contribution >= 0.6 is 11.6 Å². The maximum Gasteiger partial charge on any atom is 0.354 e. The highest BCUT2D eigenvalue weighted by molar-refractivity contribution is 6.30. The molecule has 0 radical (unpaired) electrons. The fourth-order valence-electron chi connectivity index (χ4n) is 3.31. The van der Waals surface area contributed by atoms with Crippen LogP contribution < -0.4 is 21.4 Å². The van der Waals surface area contributed by atoms with Gasteiger partial charge in [-0.05, 0) is 69.2 Å². The largest absolute Gasteiger partial charge is 0.494 e. The minimum absolute atomic E-state index is 0.0397. The van der Waals surface area contributed by atoms with Gasteiger partial charge in [-0.2, -0.15) is 4.98 Å². The Labute approximate surface area is 201 Å². The predicted octanol–water partition coefficient (Wildman–Crippen LogP) is 3.67. The average molecular weight is 487 g/mol. The van der Waals surface area contributed by atoms with Crippen molar-refractivity contribution in [1.29, 1.82) is 0 Å². The number of nitrogens with one attached hydrogen (secondary N) is 1. The molecule has 10 heteroatoms. The van der Waals surface area contributed by atoms with E-state index in [9.17, 15) is 19.5 Å². The molecule has 0 aliphatic carbocycles. The minimum atomic E-state index is -1.34. The molecule has 0 atom stereocenters. The highest BCUT2D eigenvalue weighted by atomic mass is 35.5. The topological polar surface area (TPSA) is 115 Å². The number of ether oxygens (including phenoxy) is 1. The molecule has 0 unspecified atom stereocenters. The molecule has 0 amide bonds. The molecule has 2 aromatic carbocycles. The van der Waals surface area contributed by atoms with E-state index in [2.05, 4.69) is 10.3 Å². The number of halogens is 1. The van der Waals surface area contributed by atoms with Gasteiger partial charge in [0.15, 0.2) is 0 Å². The third-order valence-corrected chi connectivity index (χ3v) is 5.52. The van der Waals surface area contributed by atoms with Crippen LogP contribution in [0.25, 0.3) is 0 Å². The van der Waals surface area contributed by atoms with Crippen molar-refractivity contribution in [3.8, 4) is 5.75 Å². The molecule has 34 heavy (non-hydrogen) atoms. The number of hydrogen-bond acceptors (Lipinski definition) is 6. The molecular weight excluding hydrogens is 460 g/mol. The molecule has 0 saturated heterocycles. The lowest BCUT2D eigenvalue weighted by Gasteiger charge is -2.21. The number of nitrogens with zero attached hydrogens (tertiary/aromatic N) is 3. The standard InChI is InChI=1S/C24H27ClN4O5/c1-5-34-19-11-10-18(12-15(19)2)26-21-27-22(32)29(14-24(3,4)20(30)31)23(33)28(21)13-16-6-8-17(25)9-7-16/h6-12H,5,13-14H2,1-4H3,(H,30,31)(H,26,27,32). The van der Waals surface area contributed by atoms with E-state index in [0.29, 0.717) is 17.3 Å². The summed E-state index contributed by atoms with van der Waals surface area (Å²) in [5.41, 5.74) is -0.617. The Morgan fingerprint density at radius 1 is 1.15 bits per heavy atom. The lowest BCUT2D eigenvalue weighted by molar-refractivity contribution is -0.147. The Hall–Kier alpha value is -3.59. The van der Waals surface area contributed by atoms with Gasteiger partial charge in [0.25, 0.3) is 0 Å². The first kappa shape index (κ1) is 25.0. The lowest BCUT2D eigenvalue weighted by Crippen LogP contribution is -2.46. The predicted molar refractivity (Wildman–Crippen MR) is 130 cm³/mol. The fourth-order valence-corrected chi connectivity index (χ4v) is 3.44. The van der Waals surface area contributed by atoms with Gasteiger partial charge in [0.2, 0.25) is 5.95 Å². The van der Waals surface area contributed by atoms with Gasteiger partial charge in [-0.15, -0.1) is 0 Å². The van der Waals surface area contributed by atoms with E-state index in [1.807, 2.05) is 19.9 Å². The summed E-state index contributed by atoms with van der Waals surface area (Å²) in [6.07, 6.45) is 0. The summed E-state index contributed by atoms with van der Waals surface area (Å²) in [5.74, 6) is -0.362. The molecule has 3 rings (SSSR count). The number of carbonyl (C=O) groups is 1. The second-order valence-corrected chi connectivity index (χ2v) is 8.96. The van der Waals surface area contributed by atoms with Gasteiger partial charge in [-0.3, -0.25) is 9.36 Å². The van der Waals surface area contributed by atoms with Gasteiger partial charge in [-0.1, -0.05) is 23.7 Å². The molecule has 180 valence electrons. The normalized spacial score (nSPS) is 11.3. The number of aryl methyl sites for hydroxylation is 1. The summed E-state index contributed by atoms with van der Waals surface area (Å²) >= 11 is 5.98. The van der Waals surface area contributed by atoms with E-state index in [1.165, 1.54) is 18.4 Å². The first-order valence-corrected chi connectivity index (χ1v) is 11.1. The number of carboxylic acid groups (broad SMARTS) is 1. The molecule has 1 aromatic heterocycles. The summed E-state index contributed by atoms with van der Waals surface area (Å²) in [6, 6.07) is 12.3. The van der Waals surface area contributed by atoms with Crippen molar-refractivity contribution in [2.24, 2.45) is 5.41 Å². The molecule has 0 fully saturated rings. The molecule has 0 aliphatic rings. The SMILES string of the molecule is CCOc1ccc(Nc2nc(=O)n(CC(C)(C)C(=O)O)c(=O)n2Cc2ccc(Cl)cc2)cc1C. The Balaban J connectivity index is 2.09. The zero-order valence-corrected chi connectivity index (χ0v) is 20.2. The maximum absolute atomic E-state index is 13.4. The van der Waals surface area contributed by atoms with Crippen molar-refractivity contribution in [2.75, 3.05) is 11.9 Å². The van der Waals surface area contributed by atoms with Crippen LogP contribution in [-0.4, -0.2) is 31.8 Å². The maximum atomic E-state index is 13.4. The monoisotopic (exact) mass is 486 g/mol. The van der Waals surface area contributed by atoms with E-state index < -0.39 is 22.8 Å². The van der Waals surface area contributed by atoms with Crippen molar-refractivity contribution < 1.29 is 14.6 Å². The summed E-state index contributed by atoms with van der Waals surface area (Å²) in [6.45, 7) is 6.97. The molecule has 0 aliphatic heterocycles. The van der Waals surface area contributed by atoms with Crippen molar-refractivity contribution in [1.82, 2.24) is 14.1 Å². The second kappa shape index (κ2) is 10.1. The van der Waals surface area contributed by atoms with E-state index in [4.69, 9.17) is 16.3 Å². The van der Waals surface area contributed by atoms with Crippen LogP contribution in [0.3, 0.4) is 0 Å². The number of aliphatic carboxylic acids is 1. The Bertz CT molecular complexity index is 1310. The number of benzene rings is 2. The first-order valence-electron chi connectivity index (χ1n) is 10.7. The van der Waals surface area contributed by atoms with Crippen LogP contribution in [0.4, 0.5) is 11.6 Å². The lowest BCUT2D eigenvalue weighted by atomic mass is 9.94. The molecule has 0 spiro atoms. The highest BCUT2D eigenvalue weighted by Gasteiger charge is 2.30. The second-order valence-electron chi connectivity index (χ2n) is 8.53. The van der Waals surface area contributed by atoms with E-state index in [-0.39, 0.29) is 19.0 Å². The number of rotatable bonds is 9. The van der Waals surface area contributed by atoms with Crippen LogP contribution in [0.1, 0.15) is 31.9 Å². The summed E-state index contributed by atoms with van der Waals surface area (Å²) in [7, 11) is 0. The smallest absolute Gasteiger partial charge is 0.354 e. The number of anilines is 2. The third kappa shape index (κ3) is 5.66. The number of carboxylic acids is 1. The molecule has 9 nitrogen and oxygen atoms in total. The Morgan fingerprint density at radius 3 is 2.41 bits per heavy atom. The van der Waals surface area contributed by atoms with Gasteiger partial charge in [0.05, 0.1) is 18.6 Å². The van der Waals surface area contributed by atoms with Crippen molar-refractivity contribution in [3.63, 3.8) is 0 Å². The minimum Gasteiger partial charge on any atom is -0.494 e. The van der Waals surface area contributed by atoms with Gasteiger partial charge in [-0.25, -0.2) is 14.2 Å². The molecular formula is C24H27ClN4O5. The van der Waals surface area contributed by atoms with Gasteiger partial charge < -0.3 is 15.2 Å². The molecule has 2 N–H and O–H groups in total. The average Bonchev–Trinajstić information content (AvgIpc) is 2.77. The highest BCUT2D eigenvalue weighted by Crippen LogP contribution is 2.24. The van der Waals surface area contributed by atoms with Crippen LogP contribution in [0.15, 0.2) is 52.1 Å². The quantitative estimate of drug-likeness (QED) is 0.474. The third-order valence-electron chi connectivity index (χ3n) is 5.27. The number of hydrogen-bond donors (Lipinski definition) is 2. The van der Waals surface area contributed by atoms with Crippen molar-refractivity contribution in [3.05, 3.63) is 79.6 Å². The zero-order valence-electron chi connectivity index (χ0n) is 19.5. The van der Waals surface area contributed by atoms with Crippen LogP contribution in [0, 0.1) is 12.3 Å². The Kier molecular flexibility index (Phi) is 7.46. The summed E-state index contributed by atoms with van der Waals surface area (Å²) in [5, 5.41) is 13.1. The van der Waals surface area contributed by atoms with E-state index in [1.54, 1.807) is 36.4 Å². The first-order chi connectivity index (χ1) is 16.0. The molecule has 0 bridgehead atoms. The van der Waals surface area contributed by atoms with Crippen LogP contribution in [0.2, 0.25) is 5.02 Å². The summed E-state index contributed by atoms with van der Waals surface area (Å²) in [4.78, 5) is 41.8. The summed E-state index contributed by atoms with van der Waals surface area (Å²) < 4.78 is 7.71. The van der Waals surface area contributed by atoms with Crippen molar-refractivity contribution >= 4 is 29.2 Å². The van der Waals surface area contributed by atoms with Gasteiger partial charge >= 0.3 is 17.3 Å². The molecule has 0 saturated carbocycles. The van der Waals surface area contributed by atoms with Crippen LogP contribution in [0.5, 0.6) is 5.75 Å². The van der Waals surface area contributed by atoms with Crippen molar-refractivity contribution in [2.45, 2.75) is 40.8 Å². The molecule has 3 aromatic rings. The molecule has 1 heterocycles.